The van der Waals surface area contributed by atoms with E-state index in [4.69, 9.17) is 0 Å². The van der Waals surface area contributed by atoms with Gasteiger partial charge in [-0.2, -0.15) is 0 Å². The molecular weight excluding hydrogens is 222 g/mol. The van der Waals surface area contributed by atoms with Gasteiger partial charge in [0.2, 0.25) is 0 Å². The maximum absolute atomic E-state index is 11.4. The smallest absolute Gasteiger partial charge is 0.175 e. The molecule has 1 fully saturated rings. The van der Waals surface area contributed by atoms with E-state index in [9.17, 15) is 8.42 Å². The molecule has 0 amide bonds. The largest absolute Gasteiger partial charge is 0.310 e. The molecule has 1 aromatic carbocycles. The molecule has 1 N–H and O–H groups in total. The number of benzene rings is 1. The summed E-state index contributed by atoms with van der Waals surface area (Å²) in [7, 11) is -3.09. The number of sulfone groups is 1. The van der Waals surface area contributed by atoms with Gasteiger partial charge in [-0.05, 0) is 37.1 Å². The second kappa shape index (κ2) is 4.55. The SMILES string of the molecule is CS(=O)(=O)c1cccc([C@H]2CCCCN2)c1. The van der Waals surface area contributed by atoms with E-state index in [0.29, 0.717) is 10.9 Å². The molecule has 1 atom stereocenters. The highest BCUT2D eigenvalue weighted by Crippen LogP contribution is 2.24. The lowest BCUT2D eigenvalue weighted by atomic mass is 9.98. The molecule has 3 nitrogen and oxygen atoms in total. The van der Waals surface area contributed by atoms with Crippen molar-refractivity contribution in [3.63, 3.8) is 0 Å². The van der Waals surface area contributed by atoms with E-state index in [1.54, 1.807) is 12.1 Å². The first kappa shape index (κ1) is 11.6. The van der Waals surface area contributed by atoms with E-state index in [-0.39, 0.29) is 0 Å². The highest BCUT2D eigenvalue weighted by molar-refractivity contribution is 7.90. The number of rotatable bonds is 2. The summed E-state index contributed by atoms with van der Waals surface area (Å²) < 4.78 is 22.9. The topological polar surface area (TPSA) is 46.2 Å². The first-order valence-electron chi connectivity index (χ1n) is 5.61. The Kier molecular flexibility index (Phi) is 3.30. The van der Waals surface area contributed by atoms with E-state index >= 15 is 0 Å². The van der Waals surface area contributed by atoms with Gasteiger partial charge in [-0.1, -0.05) is 18.6 Å². The number of nitrogens with one attached hydrogen (secondary N) is 1. The first-order valence-corrected chi connectivity index (χ1v) is 7.50. The van der Waals surface area contributed by atoms with Gasteiger partial charge < -0.3 is 5.32 Å². The fraction of sp³-hybridized carbons (Fsp3) is 0.500. The van der Waals surface area contributed by atoms with Crippen molar-refractivity contribution in [3.05, 3.63) is 29.8 Å². The molecule has 1 aliphatic heterocycles. The molecule has 1 heterocycles. The Morgan fingerprint density at radius 1 is 1.31 bits per heavy atom. The van der Waals surface area contributed by atoms with Gasteiger partial charge in [0.1, 0.15) is 0 Å². The molecule has 0 unspecified atom stereocenters. The lowest BCUT2D eigenvalue weighted by molar-refractivity contribution is 0.412. The van der Waals surface area contributed by atoms with Gasteiger partial charge in [0.25, 0.3) is 0 Å². The first-order chi connectivity index (χ1) is 7.57. The Morgan fingerprint density at radius 2 is 2.12 bits per heavy atom. The van der Waals surface area contributed by atoms with Crippen molar-refractivity contribution in [1.29, 1.82) is 0 Å². The Balaban J connectivity index is 2.28. The maximum atomic E-state index is 11.4. The molecule has 1 aromatic rings. The van der Waals surface area contributed by atoms with Crippen molar-refractivity contribution in [2.75, 3.05) is 12.8 Å². The van der Waals surface area contributed by atoms with E-state index in [2.05, 4.69) is 5.32 Å². The lowest BCUT2D eigenvalue weighted by Gasteiger charge is -2.24. The highest BCUT2D eigenvalue weighted by atomic mass is 32.2. The third kappa shape index (κ3) is 2.62. The Hall–Kier alpha value is -0.870. The van der Waals surface area contributed by atoms with Crippen LogP contribution in [0, 0.1) is 0 Å². The number of piperidine rings is 1. The van der Waals surface area contributed by atoms with Crippen LogP contribution in [-0.4, -0.2) is 21.2 Å². The molecule has 0 radical (unpaired) electrons. The molecule has 1 aliphatic rings. The van der Waals surface area contributed by atoms with Crippen molar-refractivity contribution in [2.24, 2.45) is 0 Å². The molecule has 88 valence electrons. The average Bonchev–Trinajstić information content (AvgIpc) is 2.29. The second-order valence-corrected chi connectivity index (χ2v) is 6.36. The van der Waals surface area contributed by atoms with Gasteiger partial charge in [0, 0.05) is 12.3 Å². The molecule has 0 aromatic heterocycles. The third-order valence-corrected chi connectivity index (χ3v) is 4.11. The molecule has 16 heavy (non-hydrogen) atoms. The van der Waals surface area contributed by atoms with Crippen LogP contribution >= 0.6 is 0 Å². The summed E-state index contributed by atoms with van der Waals surface area (Å²) in [5, 5.41) is 3.42. The van der Waals surface area contributed by atoms with E-state index in [0.717, 1.165) is 18.5 Å². The Labute approximate surface area is 96.8 Å². The molecule has 2 rings (SSSR count). The zero-order chi connectivity index (χ0) is 11.6. The fourth-order valence-corrected chi connectivity index (χ4v) is 2.77. The van der Waals surface area contributed by atoms with Crippen molar-refractivity contribution < 1.29 is 8.42 Å². The third-order valence-electron chi connectivity index (χ3n) is 3.00. The van der Waals surface area contributed by atoms with E-state index < -0.39 is 9.84 Å². The Bertz CT molecular complexity index is 462. The molecule has 1 saturated heterocycles. The van der Waals surface area contributed by atoms with Crippen molar-refractivity contribution in [3.8, 4) is 0 Å². The second-order valence-electron chi connectivity index (χ2n) is 4.35. The molecular formula is C12H17NO2S. The average molecular weight is 239 g/mol. The van der Waals surface area contributed by atoms with Crippen LogP contribution in [0.25, 0.3) is 0 Å². The normalized spacial score (nSPS) is 21.9. The fourth-order valence-electron chi connectivity index (χ4n) is 2.10. The molecule has 4 heteroatoms. The van der Waals surface area contributed by atoms with Gasteiger partial charge in [-0.15, -0.1) is 0 Å². The summed E-state index contributed by atoms with van der Waals surface area (Å²) in [6.45, 7) is 1.02. The van der Waals surface area contributed by atoms with Crippen LogP contribution in [0.1, 0.15) is 30.9 Å². The lowest BCUT2D eigenvalue weighted by Crippen LogP contribution is -2.26. The summed E-state index contributed by atoms with van der Waals surface area (Å²) in [6, 6.07) is 7.58. The van der Waals surface area contributed by atoms with Gasteiger partial charge in [0.15, 0.2) is 9.84 Å². The molecule has 0 aliphatic carbocycles. The predicted octanol–water partition coefficient (Wildman–Crippen LogP) is 1.90. The van der Waals surface area contributed by atoms with Gasteiger partial charge in [0.05, 0.1) is 4.90 Å². The standard InChI is InChI=1S/C12H17NO2S/c1-16(14,15)11-6-4-5-10(9-11)12-7-2-3-8-13-12/h4-6,9,12-13H,2-3,7-8H2,1H3/t12-/m1/s1. The summed E-state index contributed by atoms with van der Waals surface area (Å²) in [5.41, 5.74) is 1.09. The van der Waals surface area contributed by atoms with Crippen molar-refractivity contribution in [1.82, 2.24) is 5.32 Å². The van der Waals surface area contributed by atoms with Crippen molar-refractivity contribution >= 4 is 9.84 Å². The van der Waals surface area contributed by atoms with E-state index in [1.807, 2.05) is 12.1 Å². The van der Waals surface area contributed by atoms with Crippen LogP contribution < -0.4 is 5.32 Å². The zero-order valence-corrected chi connectivity index (χ0v) is 10.3. The highest BCUT2D eigenvalue weighted by Gasteiger charge is 2.16. The number of hydrogen-bond acceptors (Lipinski definition) is 3. The minimum Gasteiger partial charge on any atom is -0.310 e. The summed E-state index contributed by atoms with van der Waals surface area (Å²) in [4.78, 5) is 0.414. The zero-order valence-electron chi connectivity index (χ0n) is 9.44. The monoisotopic (exact) mass is 239 g/mol. The summed E-state index contributed by atoms with van der Waals surface area (Å²) >= 11 is 0. The predicted molar refractivity (Wildman–Crippen MR) is 64.1 cm³/mol. The summed E-state index contributed by atoms with van der Waals surface area (Å²) in [6.07, 6.45) is 4.76. The summed E-state index contributed by atoms with van der Waals surface area (Å²) in [5.74, 6) is 0. The van der Waals surface area contributed by atoms with Crippen LogP contribution in [0.15, 0.2) is 29.2 Å². The molecule has 0 saturated carbocycles. The van der Waals surface area contributed by atoms with Crippen molar-refractivity contribution in [2.45, 2.75) is 30.2 Å². The van der Waals surface area contributed by atoms with Crippen LogP contribution in [-0.2, 0) is 9.84 Å². The Morgan fingerprint density at radius 3 is 2.75 bits per heavy atom. The van der Waals surface area contributed by atoms with Gasteiger partial charge >= 0.3 is 0 Å². The van der Waals surface area contributed by atoms with Crippen LogP contribution in [0.5, 0.6) is 0 Å². The quantitative estimate of drug-likeness (QED) is 0.857. The number of hydrogen-bond donors (Lipinski definition) is 1. The maximum Gasteiger partial charge on any atom is 0.175 e. The van der Waals surface area contributed by atoms with Crippen LogP contribution in [0.2, 0.25) is 0 Å². The molecule has 0 spiro atoms. The van der Waals surface area contributed by atoms with E-state index in [1.165, 1.54) is 19.1 Å². The molecule has 0 bridgehead atoms. The van der Waals surface area contributed by atoms with Crippen LogP contribution in [0.4, 0.5) is 0 Å². The van der Waals surface area contributed by atoms with Gasteiger partial charge in [-0.3, -0.25) is 0 Å². The van der Waals surface area contributed by atoms with Crippen LogP contribution in [0.3, 0.4) is 0 Å². The van der Waals surface area contributed by atoms with Gasteiger partial charge in [-0.25, -0.2) is 8.42 Å². The minimum absolute atomic E-state index is 0.315. The minimum atomic E-state index is -3.09.